The second-order valence-electron chi connectivity index (χ2n) is 6.40. The standard InChI is InChI=1S/C22H20ClN3O4/c1-14(25-26-21(27)13-30-19-8-6-17(23)7-9-19)16-4-3-5-18(12-16)24-22(28)20-10-11-29-15(20)2/h3-12H,13H2,1-2H3,(H,24,28)(H,26,27). The van der Waals surface area contributed by atoms with Crippen molar-refractivity contribution in [3.63, 3.8) is 0 Å². The largest absolute Gasteiger partial charge is 0.484 e. The maximum Gasteiger partial charge on any atom is 0.277 e. The molecule has 2 amide bonds. The lowest BCUT2D eigenvalue weighted by atomic mass is 10.1. The van der Waals surface area contributed by atoms with Gasteiger partial charge < -0.3 is 14.5 Å². The summed E-state index contributed by atoms with van der Waals surface area (Å²) in [5.74, 6) is 0.418. The molecule has 154 valence electrons. The van der Waals surface area contributed by atoms with E-state index in [1.54, 1.807) is 62.4 Å². The van der Waals surface area contributed by atoms with Gasteiger partial charge in [0.2, 0.25) is 0 Å². The third kappa shape index (κ3) is 5.71. The molecule has 0 atom stereocenters. The Balaban J connectivity index is 1.57. The number of aryl methyl sites for hydroxylation is 1. The number of ether oxygens (including phenoxy) is 1. The molecule has 1 aromatic heterocycles. The summed E-state index contributed by atoms with van der Waals surface area (Å²) in [7, 11) is 0. The van der Waals surface area contributed by atoms with E-state index in [0.29, 0.717) is 33.5 Å². The zero-order valence-electron chi connectivity index (χ0n) is 16.4. The fraction of sp³-hybridized carbons (Fsp3) is 0.136. The molecule has 1 heterocycles. The summed E-state index contributed by atoms with van der Waals surface area (Å²) in [5, 5.41) is 7.50. The number of nitrogens with zero attached hydrogens (tertiary/aromatic N) is 1. The molecule has 0 aliphatic rings. The monoisotopic (exact) mass is 425 g/mol. The molecule has 0 saturated carbocycles. The SMILES string of the molecule is CC(=NNC(=O)COc1ccc(Cl)cc1)c1cccc(NC(=O)c2ccoc2C)c1. The van der Waals surface area contributed by atoms with Crippen LogP contribution >= 0.6 is 11.6 Å². The highest BCUT2D eigenvalue weighted by Gasteiger charge is 2.12. The van der Waals surface area contributed by atoms with Gasteiger partial charge in [-0.3, -0.25) is 9.59 Å². The minimum atomic E-state index is -0.399. The fourth-order valence-corrected chi connectivity index (χ4v) is 2.69. The van der Waals surface area contributed by atoms with Crippen LogP contribution in [-0.2, 0) is 4.79 Å². The Labute approximate surface area is 178 Å². The number of furan rings is 1. The average molecular weight is 426 g/mol. The van der Waals surface area contributed by atoms with Gasteiger partial charge >= 0.3 is 0 Å². The lowest BCUT2D eigenvalue weighted by Crippen LogP contribution is -2.25. The van der Waals surface area contributed by atoms with Crippen molar-refractivity contribution in [2.75, 3.05) is 11.9 Å². The van der Waals surface area contributed by atoms with E-state index in [4.69, 9.17) is 20.8 Å². The van der Waals surface area contributed by atoms with Gasteiger partial charge in [0.05, 0.1) is 17.5 Å². The first-order valence-corrected chi connectivity index (χ1v) is 9.47. The Morgan fingerprint density at radius 3 is 2.60 bits per heavy atom. The van der Waals surface area contributed by atoms with E-state index in [9.17, 15) is 9.59 Å². The van der Waals surface area contributed by atoms with Crippen LogP contribution in [0.4, 0.5) is 5.69 Å². The molecular weight excluding hydrogens is 406 g/mol. The number of carbonyl (C=O) groups is 2. The van der Waals surface area contributed by atoms with Crippen LogP contribution in [0.15, 0.2) is 70.4 Å². The van der Waals surface area contributed by atoms with Gasteiger partial charge in [-0.1, -0.05) is 23.7 Å². The molecule has 2 N–H and O–H groups in total. The van der Waals surface area contributed by atoms with Crippen LogP contribution in [0.5, 0.6) is 5.75 Å². The summed E-state index contributed by atoms with van der Waals surface area (Å²) in [6.07, 6.45) is 1.47. The topological polar surface area (TPSA) is 92.9 Å². The van der Waals surface area contributed by atoms with E-state index >= 15 is 0 Å². The van der Waals surface area contributed by atoms with Crippen molar-refractivity contribution < 1.29 is 18.7 Å². The van der Waals surface area contributed by atoms with Crippen molar-refractivity contribution in [1.29, 1.82) is 0 Å². The molecule has 0 fully saturated rings. The molecule has 3 rings (SSSR count). The maximum absolute atomic E-state index is 12.3. The highest BCUT2D eigenvalue weighted by Crippen LogP contribution is 2.16. The van der Waals surface area contributed by atoms with Crippen LogP contribution in [0, 0.1) is 6.92 Å². The summed E-state index contributed by atoms with van der Waals surface area (Å²) < 4.78 is 10.5. The Hall–Kier alpha value is -3.58. The number of hydrogen-bond donors (Lipinski definition) is 2. The number of halogens is 1. The van der Waals surface area contributed by atoms with Gasteiger partial charge in [0.1, 0.15) is 11.5 Å². The summed E-state index contributed by atoms with van der Waals surface area (Å²) in [5.41, 5.74) is 4.84. The molecule has 0 aliphatic carbocycles. The van der Waals surface area contributed by atoms with Crippen molar-refractivity contribution in [3.8, 4) is 5.75 Å². The minimum absolute atomic E-state index is 0.182. The second-order valence-corrected chi connectivity index (χ2v) is 6.84. The molecule has 0 aliphatic heterocycles. The number of amides is 2. The Kier molecular flexibility index (Phi) is 6.87. The van der Waals surface area contributed by atoms with Crippen molar-refractivity contribution in [1.82, 2.24) is 5.43 Å². The summed E-state index contributed by atoms with van der Waals surface area (Å²) in [4.78, 5) is 24.3. The number of anilines is 1. The summed E-state index contributed by atoms with van der Waals surface area (Å²) in [6.45, 7) is 3.29. The summed E-state index contributed by atoms with van der Waals surface area (Å²) >= 11 is 5.81. The molecule has 7 nitrogen and oxygen atoms in total. The normalized spacial score (nSPS) is 11.1. The third-order valence-electron chi connectivity index (χ3n) is 4.17. The van der Waals surface area contributed by atoms with Crippen LogP contribution < -0.4 is 15.5 Å². The minimum Gasteiger partial charge on any atom is -0.484 e. The number of carbonyl (C=O) groups excluding carboxylic acids is 2. The van der Waals surface area contributed by atoms with Crippen LogP contribution in [0.2, 0.25) is 5.02 Å². The van der Waals surface area contributed by atoms with Crippen LogP contribution in [0.3, 0.4) is 0 Å². The average Bonchev–Trinajstić information content (AvgIpc) is 3.18. The quantitative estimate of drug-likeness (QED) is 0.433. The molecule has 0 saturated heterocycles. The van der Waals surface area contributed by atoms with E-state index in [-0.39, 0.29) is 12.5 Å². The lowest BCUT2D eigenvalue weighted by molar-refractivity contribution is -0.123. The molecule has 8 heteroatoms. The summed E-state index contributed by atoms with van der Waals surface area (Å²) in [6, 6.07) is 15.5. The van der Waals surface area contributed by atoms with Gasteiger partial charge in [-0.15, -0.1) is 0 Å². The molecule has 30 heavy (non-hydrogen) atoms. The number of benzene rings is 2. The molecule has 0 bridgehead atoms. The third-order valence-corrected chi connectivity index (χ3v) is 4.43. The molecule has 0 radical (unpaired) electrons. The first kappa shape index (κ1) is 21.1. The van der Waals surface area contributed by atoms with Crippen molar-refractivity contribution in [2.24, 2.45) is 5.10 Å². The van der Waals surface area contributed by atoms with E-state index in [0.717, 1.165) is 5.56 Å². The van der Waals surface area contributed by atoms with Crippen molar-refractivity contribution >= 4 is 34.8 Å². The first-order valence-electron chi connectivity index (χ1n) is 9.10. The first-order chi connectivity index (χ1) is 14.4. The predicted octanol–water partition coefficient (Wildman–Crippen LogP) is 4.41. The van der Waals surface area contributed by atoms with Gasteiger partial charge in [-0.2, -0.15) is 5.10 Å². The molecule has 0 spiro atoms. The highest BCUT2D eigenvalue weighted by atomic mass is 35.5. The van der Waals surface area contributed by atoms with Crippen molar-refractivity contribution in [3.05, 3.63) is 82.8 Å². The van der Waals surface area contributed by atoms with Gasteiger partial charge in [-0.05, 0) is 61.9 Å². The van der Waals surface area contributed by atoms with Crippen LogP contribution in [0.1, 0.15) is 28.6 Å². The van der Waals surface area contributed by atoms with E-state index < -0.39 is 5.91 Å². The van der Waals surface area contributed by atoms with Crippen LogP contribution in [-0.4, -0.2) is 24.1 Å². The van der Waals surface area contributed by atoms with Gasteiger partial charge in [0.25, 0.3) is 11.8 Å². The van der Waals surface area contributed by atoms with E-state index in [1.165, 1.54) is 6.26 Å². The zero-order valence-corrected chi connectivity index (χ0v) is 17.2. The van der Waals surface area contributed by atoms with Crippen molar-refractivity contribution in [2.45, 2.75) is 13.8 Å². The number of nitrogens with one attached hydrogen (secondary N) is 2. The van der Waals surface area contributed by atoms with Gasteiger partial charge in [0, 0.05) is 10.7 Å². The smallest absolute Gasteiger partial charge is 0.277 e. The zero-order chi connectivity index (χ0) is 21.5. The van der Waals surface area contributed by atoms with Gasteiger partial charge in [0.15, 0.2) is 6.61 Å². The van der Waals surface area contributed by atoms with E-state index in [2.05, 4.69) is 15.8 Å². The van der Waals surface area contributed by atoms with E-state index in [1.807, 2.05) is 6.07 Å². The molecular formula is C22H20ClN3O4. The Bertz CT molecular complexity index is 1070. The number of hydrazone groups is 1. The molecule has 3 aromatic rings. The Morgan fingerprint density at radius 1 is 1.13 bits per heavy atom. The number of rotatable bonds is 7. The van der Waals surface area contributed by atoms with Gasteiger partial charge in [-0.25, -0.2) is 5.43 Å². The second kappa shape index (κ2) is 9.76. The number of hydrogen-bond acceptors (Lipinski definition) is 5. The highest BCUT2D eigenvalue weighted by molar-refractivity contribution is 6.30. The molecule has 0 unspecified atom stereocenters. The predicted molar refractivity (Wildman–Crippen MR) is 115 cm³/mol. The molecule has 2 aromatic carbocycles. The fourth-order valence-electron chi connectivity index (χ4n) is 2.56. The lowest BCUT2D eigenvalue weighted by Gasteiger charge is -2.08. The maximum atomic E-state index is 12.3. The van der Waals surface area contributed by atoms with Crippen LogP contribution in [0.25, 0.3) is 0 Å². The Morgan fingerprint density at radius 2 is 1.90 bits per heavy atom.